The highest BCUT2D eigenvalue weighted by atomic mass is 16.6. The van der Waals surface area contributed by atoms with Crippen LogP contribution in [0.25, 0.3) is 0 Å². The molecular weight excluding hydrogens is 208 g/mol. The van der Waals surface area contributed by atoms with Crippen molar-refractivity contribution in [3.63, 3.8) is 0 Å². The van der Waals surface area contributed by atoms with Gasteiger partial charge in [-0.2, -0.15) is 0 Å². The van der Waals surface area contributed by atoms with E-state index in [-0.39, 0.29) is 5.82 Å². The minimum Gasteiger partial charge on any atom is -0.390 e. The topological polar surface area (TPSA) is 94.9 Å². The summed E-state index contributed by atoms with van der Waals surface area (Å²) >= 11 is 0. The second kappa shape index (κ2) is 5.39. The second-order valence-electron chi connectivity index (χ2n) is 3.69. The first-order chi connectivity index (χ1) is 7.56. The van der Waals surface area contributed by atoms with Gasteiger partial charge < -0.3 is 15.8 Å². The van der Waals surface area contributed by atoms with Gasteiger partial charge in [0.2, 0.25) is 5.82 Å². The van der Waals surface area contributed by atoms with Crippen LogP contribution in [0.2, 0.25) is 0 Å². The number of hydrogen-bond acceptors (Lipinski definition) is 5. The molecule has 0 aromatic carbocycles. The molecule has 0 bridgehead atoms. The van der Waals surface area contributed by atoms with Gasteiger partial charge in [0.1, 0.15) is 5.69 Å². The van der Waals surface area contributed by atoms with Gasteiger partial charge in [-0.25, -0.2) is 0 Å². The first kappa shape index (κ1) is 12.4. The maximum absolute atomic E-state index is 10.5. The molecule has 0 spiro atoms. The minimum atomic E-state index is -0.626. The first-order valence-corrected chi connectivity index (χ1v) is 5.33. The van der Waals surface area contributed by atoms with E-state index in [2.05, 4.69) is 16.9 Å². The van der Waals surface area contributed by atoms with Crippen LogP contribution in [0.4, 0.5) is 11.8 Å². The molecule has 1 aromatic rings. The van der Waals surface area contributed by atoms with E-state index >= 15 is 0 Å². The number of aromatic nitrogens is 2. The Morgan fingerprint density at radius 3 is 2.56 bits per heavy atom. The first-order valence-electron chi connectivity index (χ1n) is 5.33. The van der Waals surface area contributed by atoms with Gasteiger partial charge in [-0.05, 0) is 29.7 Å². The summed E-state index contributed by atoms with van der Waals surface area (Å²) in [5.74, 6) is -0.190. The van der Waals surface area contributed by atoms with Crippen molar-refractivity contribution in [2.24, 2.45) is 0 Å². The molecule has 0 aliphatic carbocycles. The van der Waals surface area contributed by atoms with Crippen molar-refractivity contribution in [2.45, 2.75) is 39.5 Å². The standard InChI is InChI=1S/C10H16N4O2/c1-3-4-5-6-8-7(2)12-10(14(15)16)13-9(8)11/h3-6H2,1-2H3,(H2,11,12,13). The lowest BCUT2D eigenvalue weighted by Gasteiger charge is -2.03. The number of nitrogens with zero attached hydrogens (tertiary/aromatic N) is 3. The van der Waals surface area contributed by atoms with Crippen LogP contribution < -0.4 is 5.73 Å². The molecule has 1 heterocycles. The van der Waals surface area contributed by atoms with Crippen LogP contribution in [0.15, 0.2) is 0 Å². The Bertz CT molecular complexity index is 369. The SMILES string of the molecule is CCCCCc1c(C)nc([N+](=O)[O-])nc1N. The van der Waals surface area contributed by atoms with Crippen molar-refractivity contribution >= 4 is 11.8 Å². The number of nitrogens with two attached hydrogens (primary N) is 1. The fourth-order valence-electron chi connectivity index (χ4n) is 1.55. The van der Waals surface area contributed by atoms with E-state index in [9.17, 15) is 10.1 Å². The maximum Gasteiger partial charge on any atom is 0.470 e. The van der Waals surface area contributed by atoms with Gasteiger partial charge in [0.05, 0.1) is 0 Å². The van der Waals surface area contributed by atoms with E-state index in [1.165, 1.54) is 0 Å². The number of anilines is 1. The lowest BCUT2D eigenvalue weighted by molar-refractivity contribution is -0.394. The molecule has 88 valence electrons. The van der Waals surface area contributed by atoms with Crippen LogP contribution in [0, 0.1) is 17.0 Å². The summed E-state index contributed by atoms with van der Waals surface area (Å²) in [7, 11) is 0. The predicted molar refractivity (Wildman–Crippen MR) is 61.1 cm³/mol. The van der Waals surface area contributed by atoms with E-state index in [0.29, 0.717) is 5.69 Å². The quantitative estimate of drug-likeness (QED) is 0.469. The lowest BCUT2D eigenvalue weighted by Crippen LogP contribution is -2.07. The van der Waals surface area contributed by atoms with Crippen LogP contribution in [-0.4, -0.2) is 14.9 Å². The molecule has 0 fully saturated rings. The largest absolute Gasteiger partial charge is 0.470 e. The molecular formula is C10H16N4O2. The number of unbranched alkanes of at least 4 members (excludes halogenated alkanes) is 2. The molecule has 0 amide bonds. The van der Waals surface area contributed by atoms with Gasteiger partial charge in [0.25, 0.3) is 0 Å². The molecule has 1 rings (SSSR count). The van der Waals surface area contributed by atoms with Crippen LogP contribution >= 0.6 is 0 Å². The molecule has 2 N–H and O–H groups in total. The second-order valence-corrected chi connectivity index (χ2v) is 3.69. The van der Waals surface area contributed by atoms with Crippen molar-refractivity contribution < 1.29 is 4.92 Å². The van der Waals surface area contributed by atoms with Gasteiger partial charge in [0.15, 0.2) is 0 Å². The third kappa shape index (κ3) is 2.88. The number of aryl methyl sites for hydroxylation is 1. The Labute approximate surface area is 94.1 Å². The van der Waals surface area contributed by atoms with E-state index in [4.69, 9.17) is 5.73 Å². The highest BCUT2D eigenvalue weighted by Crippen LogP contribution is 2.18. The number of nitro groups is 1. The van der Waals surface area contributed by atoms with Gasteiger partial charge in [-0.1, -0.05) is 24.7 Å². The molecule has 6 heteroatoms. The maximum atomic E-state index is 10.5. The highest BCUT2D eigenvalue weighted by Gasteiger charge is 2.18. The molecule has 0 aliphatic rings. The highest BCUT2D eigenvalue weighted by molar-refractivity contribution is 5.44. The molecule has 0 saturated carbocycles. The summed E-state index contributed by atoms with van der Waals surface area (Å²) < 4.78 is 0. The average Bonchev–Trinajstić information content (AvgIpc) is 2.21. The summed E-state index contributed by atoms with van der Waals surface area (Å²) in [6.45, 7) is 3.84. The van der Waals surface area contributed by atoms with Gasteiger partial charge >= 0.3 is 5.95 Å². The van der Waals surface area contributed by atoms with Crippen molar-refractivity contribution in [3.05, 3.63) is 21.4 Å². The van der Waals surface area contributed by atoms with E-state index in [1.54, 1.807) is 6.92 Å². The molecule has 0 atom stereocenters. The van der Waals surface area contributed by atoms with Crippen LogP contribution in [-0.2, 0) is 6.42 Å². The Hall–Kier alpha value is -1.72. The van der Waals surface area contributed by atoms with Crippen molar-refractivity contribution in [2.75, 3.05) is 5.73 Å². The minimum absolute atomic E-state index is 0.232. The molecule has 0 radical (unpaired) electrons. The van der Waals surface area contributed by atoms with E-state index < -0.39 is 10.9 Å². The molecule has 0 saturated heterocycles. The summed E-state index contributed by atoms with van der Waals surface area (Å²) in [6, 6.07) is 0. The monoisotopic (exact) mass is 224 g/mol. The fourth-order valence-corrected chi connectivity index (χ4v) is 1.55. The van der Waals surface area contributed by atoms with E-state index in [0.717, 1.165) is 31.2 Å². The molecule has 6 nitrogen and oxygen atoms in total. The predicted octanol–water partition coefficient (Wildman–Crippen LogP) is 2.01. The normalized spacial score (nSPS) is 10.4. The fraction of sp³-hybridized carbons (Fsp3) is 0.600. The Kier molecular flexibility index (Phi) is 4.16. The Morgan fingerprint density at radius 1 is 1.38 bits per heavy atom. The number of rotatable bonds is 5. The summed E-state index contributed by atoms with van der Waals surface area (Å²) in [5, 5.41) is 10.5. The smallest absolute Gasteiger partial charge is 0.390 e. The molecule has 0 aliphatic heterocycles. The number of nitrogen functional groups attached to an aromatic ring is 1. The zero-order chi connectivity index (χ0) is 12.1. The molecule has 16 heavy (non-hydrogen) atoms. The van der Waals surface area contributed by atoms with Crippen LogP contribution in [0.5, 0.6) is 0 Å². The Balaban J connectivity index is 2.89. The molecule has 1 aromatic heterocycles. The zero-order valence-electron chi connectivity index (χ0n) is 9.56. The lowest BCUT2D eigenvalue weighted by atomic mass is 10.1. The average molecular weight is 224 g/mol. The van der Waals surface area contributed by atoms with Crippen LogP contribution in [0.3, 0.4) is 0 Å². The van der Waals surface area contributed by atoms with E-state index in [1.807, 2.05) is 0 Å². The Morgan fingerprint density at radius 2 is 2.06 bits per heavy atom. The summed E-state index contributed by atoms with van der Waals surface area (Å²) in [4.78, 5) is 17.4. The van der Waals surface area contributed by atoms with Gasteiger partial charge in [-0.3, -0.25) is 0 Å². The van der Waals surface area contributed by atoms with Crippen molar-refractivity contribution in [3.8, 4) is 0 Å². The third-order valence-corrected chi connectivity index (χ3v) is 2.43. The van der Waals surface area contributed by atoms with Crippen LogP contribution in [0.1, 0.15) is 37.4 Å². The summed E-state index contributed by atoms with van der Waals surface area (Å²) in [6.07, 6.45) is 4.01. The zero-order valence-corrected chi connectivity index (χ0v) is 9.56. The van der Waals surface area contributed by atoms with Gasteiger partial charge in [-0.15, -0.1) is 0 Å². The van der Waals surface area contributed by atoms with Gasteiger partial charge in [0, 0.05) is 5.56 Å². The molecule has 0 unspecified atom stereocenters. The third-order valence-electron chi connectivity index (χ3n) is 2.43. The summed E-state index contributed by atoms with van der Waals surface area (Å²) in [5.41, 5.74) is 7.13. The van der Waals surface area contributed by atoms with Crippen molar-refractivity contribution in [1.29, 1.82) is 0 Å². The number of hydrogen-bond donors (Lipinski definition) is 1. The van der Waals surface area contributed by atoms with Crippen molar-refractivity contribution in [1.82, 2.24) is 9.97 Å².